The second kappa shape index (κ2) is 8.58. The molecule has 1 saturated heterocycles. The Kier molecular flexibility index (Phi) is 5.68. The summed E-state index contributed by atoms with van der Waals surface area (Å²) in [4.78, 5) is 28.7. The molecule has 9 heteroatoms. The first-order valence-corrected chi connectivity index (χ1v) is 12.1. The molecule has 3 aromatic rings. The van der Waals surface area contributed by atoms with Crippen LogP contribution in [0.15, 0.2) is 22.9 Å². The Bertz CT molecular complexity index is 1030. The maximum Gasteiger partial charge on any atom is 0.239 e. The molecule has 2 aliphatic rings. The number of fused-ring (bicyclic) bond motifs is 1. The van der Waals surface area contributed by atoms with Crippen molar-refractivity contribution in [3.05, 3.63) is 28.7 Å². The third-order valence-electron chi connectivity index (χ3n) is 5.40. The number of rotatable bonds is 7. The molecule has 0 atom stereocenters. The summed E-state index contributed by atoms with van der Waals surface area (Å²) >= 11 is 3.35. The number of aromatic nitrogens is 2. The molecular weight excluding hydrogens is 418 g/mol. The van der Waals surface area contributed by atoms with E-state index in [0.717, 1.165) is 66.6 Å². The number of nitrogens with zero attached hydrogens (tertiary/aromatic N) is 4. The molecule has 0 spiro atoms. The third-order valence-corrected chi connectivity index (χ3v) is 7.18. The van der Waals surface area contributed by atoms with Crippen molar-refractivity contribution < 1.29 is 9.53 Å². The Morgan fingerprint density at radius 1 is 1.30 bits per heavy atom. The first-order valence-electron chi connectivity index (χ1n) is 10.3. The van der Waals surface area contributed by atoms with Gasteiger partial charge in [-0.05, 0) is 24.3 Å². The summed E-state index contributed by atoms with van der Waals surface area (Å²) in [5.41, 5.74) is 1.15. The first-order chi connectivity index (χ1) is 14.7. The number of carbonyl (C=O) groups is 1. The van der Waals surface area contributed by atoms with Gasteiger partial charge in [0, 0.05) is 42.0 Å². The van der Waals surface area contributed by atoms with E-state index in [0.29, 0.717) is 19.1 Å². The van der Waals surface area contributed by atoms with Gasteiger partial charge in [-0.15, -0.1) is 22.7 Å². The Balaban J connectivity index is 1.49. The zero-order valence-electron chi connectivity index (χ0n) is 17.0. The summed E-state index contributed by atoms with van der Waals surface area (Å²) in [5, 5.41) is 8.35. The van der Waals surface area contributed by atoms with E-state index in [1.807, 2.05) is 11.9 Å². The zero-order chi connectivity index (χ0) is 20.5. The van der Waals surface area contributed by atoms with E-state index in [9.17, 15) is 4.79 Å². The lowest BCUT2D eigenvalue weighted by atomic mass is 10.2. The second-order valence-corrected chi connectivity index (χ2v) is 9.66. The van der Waals surface area contributed by atoms with Gasteiger partial charge in [0.1, 0.15) is 16.5 Å². The molecule has 1 saturated carbocycles. The number of morpholine rings is 1. The van der Waals surface area contributed by atoms with Crippen LogP contribution in [0.5, 0.6) is 0 Å². The minimum Gasteiger partial charge on any atom is -0.379 e. The molecule has 5 rings (SSSR count). The lowest BCUT2D eigenvalue weighted by Crippen LogP contribution is -2.37. The largest absolute Gasteiger partial charge is 0.379 e. The monoisotopic (exact) mass is 443 g/mol. The van der Waals surface area contributed by atoms with Gasteiger partial charge in [-0.2, -0.15) is 0 Å². The molecule has 0 radical (unpaired) electrons. The fourth-order valence-corrected chi connectivity index (χ4v) is 5.45. The van der Waals surface area contributed by atoms with Gasteiger partial charge in [-0.1, -0.05) is 6.07 Å². The minimum absolute atomic E-state index is 0.0504. The Hall–Kier alpha value is -2.07. The third kappa shape index (κ3) is 4.34. The smallest absolute Gasteiger partial charge is 0.239 e. The molecule has 1 amide bonds. The number of amides is 1. The van der Waals surface area contributed by atoms with Crippen molar-refractivity contribution in [2.45, 2.75) is 25.4 Å². The van der Waals surface area contributed by atoms with Crippen LogP contribution in [0.25, 0.3) is 20.7 Å². The predicted molar refractivity (Wildman–Crippen MR) is 121 cm³/mol. The number of thiophene rings is 2. The van der Waals surface area contributed by atoms with Crippen LogP contribution in [0.1, 0.15) is 18.7 Å². The zero-order valence-corrected chi connectivity index (χ0v) is 18.6. The van der Waals surface area contributed by atoms with Crippen molar-refractivity contribution >= 4 is 44.6 Å². The van der Waals surface area contributed by atoms with E-state index >= 15 is 0 Å². The maximum absolute atomic E-state index is 12.5. The average Bonchev–Trinajstić information content (AvgIpc) is 3.22. The number of nitrogens with one attached hydrogen (secondary N) is 1. The van der Waals surface area contributed by atoms with Crippen molar-refractivity contribution in [2.24, 2.45) is 0 Å². The molecule has 3 aromatic heterocycles. The van der Waals surface area contributed by atoms with Crippen LogP contribution >= 0.6 is 22.7 Å². The molecule has 2 fully saturated rings. The standard InChI is InChI=1S/C21H25N5O2S2/c1-25(12-18(27)22-14-4-5-14)20-19-15(16-3-2-10-29-16)13-30-21(19)24-17(23-20)11-26-6-8-28-9-7-26/h2-3,10,13-14H,4-9,11-12H2,1H3,(H,22,27). The SMILES string of the molecule is CN(CC(=O)NC1CC1)c1nc(CN2CCOCC2)nc2scc(-c3cccs3)c12. The molecule has 1 N–H and O–H groups in total. The van der Waals surface area contributed by atoms with Crippen molar-refractivity contribution in [3.63, 3.8) is 0 Å². The minimum atomic E-state index is 0.0504. The van der Waals surface area contributed by atoms with Gasteiger partial charge in [0.15, 0.2) is 0 Å². The number of carbonyl (C=O) groups excluding carboxylic acids is 1. The Morgan fingerprint density at radius 3 is 2.87 bits per heavy atom. The van der Waals surface area contributed by atoms with Crippen molar-refractivity contribution in [1.82, 2.24) is 20.2 Å². The van der Waals surface area contributed by atoms with Crippen LogP contribution in [-0.2, 0) is 16.1 Å². The van der Waals surface area contributed by atoms with Crippen LogP contribution < -0.4 is 10.2 Å². The fourth-order valence-electron chi connectivity index (χ4n) is 3.68. The van der Waals surface area contributed by atoms with Crippen molar-refractivity contribution in [2.75, 3.05) is 44.8 Å². The summed E-state index contributed by atoms with van der Waals surface area (Å²) in [6.45, 7) is 4.26. The number of ether oxygens (including phenoxy) is 1. The van der Waals surface area contributed by atoms with Crippen LogP contribution in [0.4, 0.5) is 5.82 Å². The van der Waals surface area contributed by atoms with Gasteiger partial charge in [0.05, 0.1) is 31.7 Å². The summed E-state index contributed by atoms with van der Waals surface area (Å²) in [5.74, 6) is 1.68. The highest BCUT2D eigenvalue weighted by atomic mass is 32.1. The highest BCUT2D eigenvalue weighted by Crippen LogP contribution is 2.40. The normalized spacial score (nSPS) is 17.4. The number of hydrogen-bond acceptors (Lipinski definition) is 8. The summed E-state index contributed by atoms with van der Waals surface area (Å²) in [6.07, 6.45) is 2.17. The molecule has 0 aromatic carbocycles. The quantitative estimate of drug-likeness (QED) is 0.605. The maximum atomic E-state index is 12.5. The van der Waals surface area contributed by atoms with E-state index in [-0.39, 0.29) is 5.91 Å². The highest BCUT2D eigenvalue weighted by Gasteiger charge is 2.25. The molecule has 1 aliphatic carbocycles. The van der Waals surface area contributed by atoms with Gasteiger partial charge >= 0.3 is 0 Å². The lowest BCUT2D eigenvalue weighted by Gasteiger charge is -2.26. The summed E-state index contributed by atoms with van der Waals surface area (Å²) in [7, 11) is 1.95. The second-order valence-electron chi connectivity index (χ2n) is 7.86. The number of anilines is 1. The van der Waals surface area contributed by atoms with E-state index in [2.05, 4.69) is 33.1 Å². The van der Waals surface area contributed by atoms with E-state index in [1.165, 1.54) is 4.88 Å². The molecule has 30 heavy (non-hydrogen) atoms. The number of likely N-dealkylation sites (N-methyl/N-ethyl adjacent to an activating group) is 1. The predicted octanol–water partition coefficient (Wildman–Crippen LogP) is 2.97. The average molecular weight is 444 g/mol. The lowest BCUT2D eigenvalue weighted by molar-refractivity contribution is -0.119. The van der Waals surface area contributed by atoms with Crippen LogP contribution in [0.2, 0.25) is 0 Å². The van der Waals surface area contributed by atoms with Crippen molar-refractivity contribution in [1.29, 1.82) is 0 Å². The van der Waals surface area contributed by atoms with E-state index < -0.39 is 0 Å². The van der Waals surface area contributed by atoms with Gasteiger partial charge in [-0.3, -0.25) is 9.69 Å². The van der Waals surface area contributed by atoms with Crippen LogP contribution in [-0.4, -0.2) is 66.7 Å². The van der Waals surface area contributed by atoms with E-state index in [1.54, 1.807) is 22.7 Å². The molecule has 7 nitrogen and oxygen atoms in total. The Morgan fingerprint density at radius 2 is 2.13 bits per heavy atom. The molecular formula is C21H25N5O2S2. The molecule has 158 valence electrons. The Labute approximate surface area is 183 Å². The fraction of sp³-hybridized carbons (Fsp3) is 0.476. The van der Waals surface area contributed by atoms with Gasteiger partial charge in [-0.25, -0.2) is 9.97 Å². The topological polar surface area (TPSA) is 70.6 Å². The van der Waals surface area contributed by atoms with Gasteiger partial charge in [0.2, 0.25) is 5.91 Å². The summed E-state index contributed by atoms with van der Waals surface area (Å²) < 4.78 is 5.46. The van der Waals surface area contributed by atoms with Crippen LogP contribution in [0, 0.1) is 0 Å². The van der Waals surface area contributed by atoms with Crippen LogP contribution in [0.3, 0.4) is 0 Å². The summed E-state index contributed by atoms with van der Waals surface area (Å²) in [6, 6.07) is 4.54. The first kappa shape index (κ1) is 19.9. The number of hydrogen-bond donors (Lipinski definition) is 1. The molecule has 4 heterocycles. The van der Waals surface area contributed by atoms with Crippen molar-refractivity contribution in [3.8, 4) is 10.4 Å². The van der Waals surface area contributed by atoms with Gasteiger partial charge < -0.3 is 15.0 Å². The van der Waals surface area contributed by atoms with Gasteiger partial charge in [0.25, 0.3) is 0 Å². The van der Waals surface area contributed by atoms with E-state index in [4.69, 9.17) is 14.7 Å². The molecule has 1 aliphatic heterocycles. The molecule has 0 bridgehead atoms. The highest BCUT2D eigenvalue weighted by molar-refractivity contribution is 7.18. The molecule has 0 unspecified atom stereocenters.